The van der Waals surface area contributed by atoms with Crippen molar-refractivity contribution in [3.05, 3.63) is 60.7 Å². The molecule has 26 heavy (non-hydrogen) atoms. The molecule has 1 aliphatic heterocycles. The predicted octanol–water partition coefficient (Wildman–Crippen LogP) is 3.71. The predicted molar refractivity (Wildman–Crippen MR) is 108 cm³/mol. The van der Waals surface area contributed by atoms with Crippen LogP contribution < -0.4 is 10.4 Å². The first-order valence-electron chi connectivity index (χ1n) is 9.40. The van der Waals surface area contributed by atoms with Crippen LogP contribution in [0.1, 0.15) is 33.6 Å². The fraction of sp³-hybridized carbons (Fsp3) is 0.455. The van der Waals surface area contributed by atoms with Gasteiger partial charge in [-0.05, 0) is 21.8 Å². The van der Waals surface area contributed by atoms with Gasteiger partial charge in [-0.2, -0.15) is 0 Å². The molecule has 0 amide bonds. The second-order valence-electron chi connectivity index (χ2n) is 7.96. The van der Waals surface area contributed by atoms with E-state index in [1.54, 1.807) is 7.11 Å². The highest BCUT2D eigenvalue weighted by atomic mass is 28.4. The zero-order valence-corrected chi connectivity index (χ0v) is 17.3. The van der Waals surface area contributed by atoms with Gasteiger partial charge < -0.3 is 13.9 Å². The molecule has 1 saturated heterocycles. The van der Waals surface area contributed by atoms with E-state index >= 15 is 0 Å². The number of benzene rings is 2. The Bertz CT molecular complexity index is 642. The molecule has 0 aromatic heterocycles. The molecule has 0 aliphatic carbocycles. The van der Waals surface area contributed by atoms with E-state index in [-0.39, 0.29) is 17.4 Å². The number of ether oxygens (including phenoxy) is 2. The number of methoxy groups -OCH3 is 1. The van der Waals surface area contributed by atoms with E-state index in [0.29, 0.717) is 6.61 Å². The van der Waals surface area contributed by atoms with E-state index in [1.165, 1.54) is 10.4 Å². The third-order valence-corrected chi connectivity index (χ3v) is 10.3. The zero-order valence-electron chi connectivity index (χ0n) is 16.3. The molecule has 140 valence electrons. The molecule has 0 spiro atoms. The van der Waals surface area contributed by atoms with Gasteiger partial charge in [-0.1, -0.05) is 81.4 Å². The van der Waals surface area contributed by atoms with E-state index in [1.807, 2.05) is 0 Å². The van der Waals surface area contributed by atoms with E-state index in [9.17, 15) is 0 Å². The van der Waals surface area contributed by atoms with Crippen LogP contribution in [0.4, 0.5) is 0 Å². The molecule has 4 heteroatoms. The molecule has 3 nitrogen and oxygen atoms in total. The summed E-state index contributed by atoms with van der Waals surface area (Å²) < 4.78 is 18.3. The summed E-state index contributed by atoms with van der Waals surface area (Å²) in [6.07, 6.45) is 1.65. The lowest BCUT2D eigenvalue weighted by atomic mass is 10.1. The van der Waals surface area contributed by atoms with Crippen LogP contribution >= 0.6 is 0 Å². The van der Waals surface area contributed by atoms with Crippen molar-refractivity contribution in [2.24, 2.45) is 0 Å². The zero-order chi connectivity index (χ0) is 18.6. The summed E-state index contributed by atoms with van der Waals surface area (Å²) in [5.41, 5.74) is 0. The summed E-state index contributed by atoms with van der Waals surface area (Å²) in [5.74, 6) is 0. The van der Waals surface area contributed by atoms with E-state index < -0.39 is 8.32 Å². The normalized spacial score (nSPS) is 21.5. The molecule has 1 fully saturated rings. The highest BCUT2D eigenvalue weighted by Crippen LogP contribution is 2.38. The Balaban J connectivity index is 2.08. The lowest BCUT2D eigenvalue weighted by Gasteiger charge is -2.46. The Morgan fingerprint density at radius 3 is 1.92 bits per heavy atom. The van der Waals surface area contributed by atoms with Crippen molar-refractivity contribution in [1.82, 2.24) is 0 Å². The van der Waals surface area contributed by atoms with Crippen LogP contribution in [-0.4, -0.2) is 34.4 Å². The Morgan fingerprint density at radius 1 is 0.923 bits per heavy atom. The molecule has 0 radical (unpaired) electrons. The highest BCUT2D eigenvalue weighted by Gasteiger charge is 2.51. The van der Waals surface area contributed by atoms with Crippen LogP contribution in [0, 0.1) is 0 Å². The lowest BCUT2D eigenvalue weighted by molar-refractivity contribution is -0.167. The fourth-order valence-corrected chi connectivity index (χ4v) is 8.67. The summed E-state index contributed by atoms with van der Waals surface area (Å²) in [5, 5.41) is 2.63. The minimum atomic E-state index is -2.49. The average molecular weight is 371 g/mol. The maximum Gasteiger partial charge on any atom is 0.261 e. The molecule has 1 heterocycles. The Kier molecular flexibility index (Phi) is 5.98. The van der Waals surface area contributed by atoms with Crippen molar-refractivity contribution in [3.63, 3.8) is 0 Å². The minimum absolute atomic E-state index is 0.00339. The Hall–Kier alpha value is -1.46. The molecule has 0 unspecified atom stereocenters. The summed E-state index contributed by atoms with van der Waals surface area (Å²) in [6, 6.07) is 21.6. The van der Waals surface area contributed by atoms with Gasteiger partial charge in [-0.25, -0.2) is 0 Å². The Labute approximate surface area is 158 Å². The third kappa shape index (κ3) is 3.79. The van der Waals surface area contributed by atoms with Crippen molar-refractivity contribution in [1.29, 1.82) is 0 Å². The van der Waals surface area contributed by atoms with Crippen molar-refractivity contribution < 1.29 is 13.9 Å². The van der Waals surface area contributed by atoms with Gasteiger partial charge in [0, 0.05) is 13.5 Å². The second kappa shape index (κ2) is 8.05. The first-order valence-corrected chi connectivity index (χ1v) is 11.3. The third-order valence-electron chi connectivity index (χ3n) is 5.22. The maximum absolute atomic E-state index is 7.13. The van der Waals surface area contributed by atoms with Crippen LogP contribution in [0.3, 0.4) is 0 Å². The monoisotopic (exact) mass is 370 g/mol. The summed E-state index contributed by atoms with van der Waals surface area (Å²) in [7, 11) is -0.786. The lowest BCUT2D eigenvalue weighted by Crippen LogP contribution is -2.68. The Morgan fingerprint density at radius 2 is 1.46 bits per heavy atom. The van der Waals surface area contributed by atoms with E-state index in [4.69, 9.17) is 13.9 Å². The van der Waals surface area contributed by atoms with Gasteiger partial charge in [0.05, 0.1) is 12.7 Å². The van der Waals surface area contributed by atoms with E-state index in [2.05, 4.69) is 81.4 Å². The molecule has 2 aromatic carbocycles. The van der Waals surface area contributed by atoms with Crippen molar-refractivity contribution >= 4 is 18.7 Å². The van der Waals surface area contributed by atoms with Gasteiger partial charge in [-0.3, -0.25) is 0 Å². The quantitative estimate of drug-likeness (QED) is 0.751. The highest BCUT2D eigenvalue weighted by molar-refractivity contribution is 6.99. The molecule has 0 N–H and O–H groups in total. The van der Waals surface area contributed by atoms with Gasteiger partial charge in [0.2, 0.25) is 0 Å². The van der Waals surface area contributed by atoms with Gasteiger partial charge in [-0.15, -0.1) is 0 Å². The van der Waals surface area contributed by atoms with Crippen molar-refractivity contribution in [2.75, 3.05) is 13.7 Å². The van der Waals surface area contributed by atoms with Gasteiger partial charge >= 0.3 is 0 Å². The van der Waals surface area contributed by atoms with Crippen LogP contribution in [0.15, 0.2) is 60.7 Å². The molecule has 2 atom stereocenters. The topological polar surface area (TPSA) is 27.7 Å². The minimum Gasteiger partial charge on any atom is -0.404 e. The number of hydrogen-bond acceptors (Lipinski definition) is 3. The van der Waals surface area contributed by atoms with Crippen molar-refractivity contribution in [2.45, 2.75) is 51.0 Å². The SMILES string of the molecule is CO[C@H]1C[C@H](O[Si](c2ccccc2)(c2ccccc2)C(C)(C)C)CCO1. The van der Waals surface area contributed by atoms with Gasteiger partial charge in [0.1, 0.15) is 0 Å². The van der Waals surface area contributed by atoms with Gasteiger partial charge in [0.25, 0.3) is 8.32 Å². The van der Waals surface area contributed by atoms with Crippen LogP contribution in [0.25, 0.3) is 0 Å². The summed E-state index contributed by atoms with van der Waals surface area (Å²) in [4.78, 5) is 0. The maximum atomic E-state index is 7.13. The summed E-state index contributed by atoms with van der Waals surface area (Å²) >= 11 is 0. The molecular weight excluding hydrogens is 340 g/mol. The first-order chi connectivity index (χ1) is 12.5. The van der Waals surface area contributed by atoms with Crippen LogP contribution in [0.5, 0.6) is 0 Å². The first kappa shape index (κ1) is 19.3. The number of hydrogen-bond donors (Lipinski definition) is 0. The number of rotatable bonds is 5. The summed E-state index contributed by atoms with van der Waals surface area (Å²) in [6.45, 7) is 7.62. The average Bonchev–Trinajstić information content (AvgIpc) is 2.66. The molecule has 2 aromatic rings. The molecule has 0 bridgehead atoms. The molecule has 1 aliphatic rings. The fourth-order valence-electron chi connectivity index (χ4n) is 3.94. The van der Waals surface area contributed by atoms with Crippen LogP contribution in [-0.2, 0) is 13.9 Å². The smallest absolute Gasteiger partial charge is 0.261 e. The van der Waals surface area contributed by atoms with E-state index in [0.717, 1.165) is 12.8 Å². The van der Waals surface area contributed by atoms with Crippen molar-refractivity contribution in [3.8, 4) is 0 Å². The standard InChI is InChI=1S/C22H30O3Si/c1-22(2,3)26(19-11-7-5-8-12-19,20-13-9-6-10-14-20)25-18-15-16-24-21(17-18)23-4/h5-14,18,21H,15-17H2,1-4H3/t18-,21-/m1/s1. The molecule has 3 rings (SSSR count). The van der Waals surface area contributed by atoms with Crippen LogP contribution in [0.2, 0.25) is 5.04 Å². The van der Waals surface area contributed by atoms with Gasteiger partial charge in [0.15, 0.2) is 6.29 Å². The molecular formula is C22H30O3Si. The second-order valence-corrected chi connectivity index (χ2v) is 12.2. The molecule has 0 saturated carbocycles. The largest absolute Gasteiger partial charge is 0.404 e.